The number of carbonyl (C=O) groups excluding carboxylic acids is 1. The molecule has 1 fully saturated rings. The molecule has 0 aromatic heterocycles. The van der Waals surface area contributed by atoms with Crippen molar-refractivity contribution in [3.63, 3.8) is 0 Å². The van der Waals surface area contributed by atoms with Gasteiger partial charge in [-0.05, 0) is 49.6 Å². The number of nitrogens with zero attached hydrogens (tertiary/aromatic N) is 2. The highest BCUT2D eigenvalue weighted by Crippen LogP contribution is 2.30. The lowest BCUT2D eigenvalue weighted by molar-refractivity contribution is -0.117. The van der Waals surface area contributed by atoms with Crippen molar-refractivity contribution >= 4 is 12.0 Å². The smallest absolute Gasteiger partial charge is 0.262 e. The zero-order valence-corrected chi connectivity index (χ0v) is 18.3. The van der Waals surface area contributed by atoms with Crippen LogP contribution in [0, 0.1) is 22.7 Å². The first-order valence-corrected chi connectivity index (χ1v) is 10.9. The lowest BCUT2D eigenvalue weighted by Crippen LogP contribution is -2.36. The third kappa shape index (κ3) is 6.12. The molecule has 1 aliphatic carbocycles. The van der Waals surface area contributed by atoms with E-state index in [-0.39, 0.29) is 24.1 Å². The van der Waals surface area contributed by atoms with Gasteiger partial charge in [0.15, 0.2) is 11.5 Å². The second-order valence-electron chi connectivity index (χ2n) is 7.68. The van der Waals surface area contributed by atoms with E-state index in [1.54, 1.807) is 30.3 Å². The molecule has 6 nitrogen and oxygen atoms in total. The predicted octanol–water partition coefficient (Wildman–Crippen LogP) is 4.89. The number of hydrogen-bond donors (Lipinski definition) is 1. The van der Waals surface area contributed by atoms with Gasteiger partial charge in [-0.2, -0.15) is 10.5 Å². The normalized spacial score (nSPS) is 14.2. The van der Waals surface area contributed by atoms with E-state index >= 15 is 0 Å². The molecule has 3 rings (SSSR count). The zero-order chi connectivity index (χ0) is 22.8. The van der Waals surface area contributed by atoms with E-state index in [9.17, 15) is 15.3 Å². The summed E-state index contributed by atoms with van der Waals surface area (Å²) in [6, 6.07) is 16.9. The largest absolute Gasteiger partial charge is 0.490 e. The summed E-state index contributed by atoms with van der Waals surface area (Å²) in [5, 5.41) is 21.7. The molecule has 1 aliphatic rings. The van der Waals surface area contributed by atoms with Crippen LogP contribution in [0.15, 0.2) is 48.0 Å². The number of benzene rings is 2. The minimum absolute atomic E-state index is 0.0645. The summed E-state index contributed by atoms with van der Waals surface area (Å²) >= 11 is 0. The van der Waals surface area contributed by atoms with E-state index < -0.39 is 0 Å². The van der Waals surface area contributed by atoms with E-state index in [1.165, 1.54) is 6.42 Å². The van der Waals surface area contributed by atoms with Crippen molar-refractivity contribution in [3.8, 4) is 23.6 Å². The standard InChI is InChI=1S/C26H27N3O3/c1-2-31-25-15-19(14-22(17-28)26(30)29-23-10-4-3-5-11-23)12-13-24(25)32-18-21-9-7-6-8-20(21)16-27/h6-9,12-15,23H,2-5,10-11,18H2,1H3,(H,29,30). The molecule has 0 unspecified atom stereocenters. The van der Waals surface area contributed by atoms with Crippen LogP contribution < -0.4 is 14.8 Å². The Morgan fingerprint density at radius 2 is 1.88 bits per heavy atom. The average molecular weight is 430 g/mol. The zero-order valence-electron chi connectivity index (χ0n) is 18.3. The topological polar surface area (TPSA) is 95.1 Å². The quantitative estimate of drug-likeness (QED) is 0.476. The Morgan fingerprint density at radius 1 is 1.09 bits per heavy atom. The third-order valence-electron chi connectivity index (χ3n) is 5.41. The van der Waals surface area contributed by atoms with Gasteiger partial charge in [-0.1, -0.05) is 43.5 Å². The van der Waals surface area contributed by atoms with E-state index in [0.717, 1.165) is 31.2 Å². The van der Waals surface area contributed by atoms with Crippen molar-refractivity contribution in [3.05, 3.63) is 64.7 Å². The molecule has 0 bridgehead atoms. The monoisotopic (exact) mass is 429 g/mol. The Kier molecular flexibility index (Phi) is 8.29. The van der Waals surface area contributed by atoms with E-state index in [0.29, 0.717) is 29.2 Å². The minimum atomic E-state index is -0.342. The molecule has 32 heavy (non-hydrogen) atoms. The highest BCUT2D eigenvalue weighted by atomic mass is 16.5. The van der Waals surface area contributed by atoms with Crippen LogP contribution in [-0.4, -0.2) is 18.6 Å². The van der Waals surface area contributed by atoms with E-state index in [1.807, 2.05) is 31.2 Å². The molecule has 0 heterocycles. The van der Waals surface area contributed by atoms with Gasteiger partial charge < -0.3 is 14.8 Å². The molecule has 1 saturated carbocycles. The number of hydrogen-bond acceptors (Lipinski definition) is 5. The second-order valence-corrected chi connectivity index (χ2v) is 7.68. The number of amides is 1. The van der Waals surface area contributed by atoms with Crippen LogP contribution in [0.3, 0.4) is 0 Å². The summed E-state index contributed by atoms with van der Waals surface area (Å²) in [4.78, 5) is 12.6. The Bertz CT molecular complexity index is 1060. The van der Waals surface area contributed by atoms with Crippen LogP contribution >= 0.6 is 0 Å². The molecule has 164 valence electrons. The van der Waals surface area contributed by atoms with Gasteiger partial charge >= 0.3 is 0 Å². The molecular formula is C26H27N3O3. The number of rotatable bonds is 8. The minimum Gasteiger partial charge on any atom is -0.490 e. The van der Waals surface area contributed by atoms with E-state index in [4.69, 9.17) is 9.47 Å². The SMILES string of the molecule is CCOc1cc(C=C(C#N)C(=O)NC2CCCCC2)ccc1OCc1ccccc1C#N. The molecule has 0 aliphatic heterocycles. The van der Waals surface area contributed by atoms with Crippen LogP contribution in [0.2, 0.25) is 0 Å². The van der Waals surface area contributed by atoms with Gasteiger partial charge in [0, 0.05) is 11.6 Å². The van der Waals surface area contributed by atoms with Crippen LogP contribution in [-0.2, 0) is 11.4 Å². The first-order valence-electron chi connectivity index (χ1n) is 10.9. The Balaban J connectivity index is 1.75. The van der Waals surface area contributed by atoms with Gasteiger partial charge in [-0.3, -0.25) is 4.79 Å². The highest BCUT2D eigenvalue weighted by molar-refractivity contribution is 6.01. The number of nitrogens with one attached hydrogen (secondary N) is 1. The van der Waals surface area contributed by atoms with Crippen LogP contribution in [0.4, 0.5) is 0 Å². The van der Waals surface area contributed by atoms with Gasteiger partial charge in [0.2, 0.25) is 0 Å². The summed E-state index contributed by atoms with van der Waals surface area (Å²) < 4.78 is 11.6. The molecule has 1 N–H and O–H groups in total. The summed E-state index contributed by atoms with van der Waals surface area (Å²) in [6.07, 6.45) is 6.89. The van der Waals surface area contributed by atoms with Crippen molar-refractivity contribution in [2.24, 2.45) is 0 Å². The van der Waals surface area contributed by atoms with Crippen LogP contribution in [0.1, 0.15) is 55.7 Å². The van der Waals surface area contributed by atoms with Gasteiger partial charge in [0.05, 0.1) is 18.2 Å². The molecule has 0 saturated heterocycles. The van der Waals surface area contributed by atoms with Crippen molar-refractivity contribution < 1.29 is 14.3 Å². The molecule has 0 radical (unpaired) electrons. The van der Waals surface area contributed by atoms with Gasteiger partial charge in [-0.15, -0.1) is 0 Å². The summed E-state index contributed by atoms with van der Waals surface area (Å²) in [5.74, 6) is 0.702. The predicted molar refractivity (Wildman–Crippen MR) is 122 cm³/mol. The first-order chi connectivity index (χ1) is 15.6. The Morgan fingerprint density at radius 3 is 2.59 bits per heavy atom. The van der Waals surface area contributed by atoms with Gasteiger partial charge in [0.25, 0.3) is 5.91 Å². The van der Waals surface area contributed by atoms with Gasteiger partial charge in [0.1, 0.15) is 18.2 Å². The van der Waals surface area contributed by atoms with Gasteiger partial charge in [-0.25, -0.2) is 0 Å². The Hall–Kier alpha value is -3.77. The van der Waals surface area contributed by atoms with Crippen molar-refractivity contribution in [2.45, 2.75) is 51.7 Å². The van der Waals surface area contributed by atoms with Crippen LogP contribution in [0.5, 0.6) is 11.5 Å². The molecular weight excluding hydrogens is 402 g/mol. The number of ether oxygens (including phenoxy) is 2. The lowest BCUT2D eigenvalue weighted by Gasteiger charge is -2.22. The molecule has 0 spiro atoms. The maximum atomic E-state index is 12.6. The maximum absolute atomic E-state index is 12.6. The van der Waals surface area contributed by atoms with Crippen molar-refractivity contribution in [2.75, 3.05) is 6.61 Å². The Labute approximate surface area is 189 Å². The fourth-order valence-corrected chi connectivity index (χ4v) is 3.74. The van der Waals surface area contributed by atoms with Crippen molar-refractivity contribution in [1.82, 2.24) is 5.32 Å². The van der Waals surface area contributed by atoms with Crippen molar-refractivity contribution in [1.29, 1.82) is 10.5 Å². The molecule has 6 heteroatoms. The summed E-state index contributed by atoms with van der Waals surface area (Å²) in [6.45, 7) is 2.54. The molecule has 0 atom stereocenters. The summed E-state index contributed by atoms with van der Waals surface area (Å²) in [7, 11) is 0. The summed E-state index contributed by atoms with van der Waals surface area (Å²) in [5.41, 5.74) is 2.09. The molecule has 2 aromatic carbocycles. The van der Waals surface area contributed by atoms with E-state index in [2.05, 4.69) is 11.4 Å². The maximum Gasteiger partial charge on any atom is 0.262 e. The molecule has 2 aromatic rings. The average Bonchev–Trinajstić information content (AvgIpc) is 2.83. The number of nitriles is 2. The third-order valence-corrected chi connectivity index (χ3v) is 5.41. The van der Waals surface area contributed by atoms with Crippen LogP contribution in [0.25, 0.3) is 6.08 Å². The fraction of sp³-hybridized carbons (Fsp3) is 0.346. The lowest BCUT2D eigenvalue weighted by atomic mass is 9.95. The fourth-order valence-electron chi connectivity index (χ4n) is 3.74. The second kappa shape index (κ2) is 11.6. The highest BCUT2D eigenvalue weighted by Gasteiger charge is 2.18. The molecule has 1 amide bonds. The first kappa shape index (κ1) is 22.9. The number of carbonyl (C=O) groups is 1.